The molecule has 1 N–H and O–H groups in total. The average Bonchev–Trinajstić information content (AvgIpc) is 2.86. The van der Waals surface area contributed by atoms with Crippen molar-refractivity contribution in [3.63, 3.8) is 0 Å². The number of nitrogens with zero attached hydrogens (tertiary/aromatic N) is 1. The van der Waals surface area contributed by atoms with Crippen molar-refractivity contribution in [3.8, 4) is 5.75 Å². The molecular formula is C27H26Cl2N2O3. The normalized spacial score (nSPS) is 14.5. The zero-order chi connectivity index (χ0) is 23.9. The minimum Gasteiger partial charge on any atom is -0.484 e. The summed E-state index contributed by atoms with van der Waals surface area (Å²) in [5, 5.41) is 4.19. The molecule has 0 unspecified atom stereocenters. The van der Waals surface area contributed by atoms with E-state index < -0.39 is 0 Å². The molecule has 0 atom stereocenters. The highest BCUT2D eigenvalue weighted by molar-refractivity contribution is 6.42. The largest absolute Gasteiger partial charge is 0.484 e. The van der Waals surface area contributed by atoms with Gasteiger partial charge in [0.25, 0.3) is 5.91 Å². The highest BCUT2D eigenvalue weighted by atomic mass is 35.5. The van der Waals surface area contributed by atoms with Crippen LogP contribution in [0.5, 0.6) is 5.75 Å². The number of rotatable bonds is 8. The standard InChI is InChI=1S/C27H26Cl2N2O3/c28-24-11-6-19(16-25(24)29)17-31-14-12-22(13-15-31)30-26(32)18-34-23-9-7-21(8-10-23)27(33)20-4-2-1-3-5-20/h1-11,16,22H,12-15,17-18H2,(H,30,32). The van der Waals surface area contributed by atoms with E-state index in [1.165, 1.54) is 0 Å². The summed E-state index contributed by atoms with van der Waals surface area (Å²) in [6.07, 6.45) is 1.76. The van der Waals surface area contributed by atoms with E-state index in [1.54, 1.807) is 36.4 Å². The number of amides is 1. The summed E-state index contributed by atoms with van der Waals surface area (Å²) in [6.45, 7) is 2.53. The van der Waals surface area contributed by atoms with Crippen molar-refractivity contribution in [2.75, 3.05) is 19.7 Å². The fourth-order valence-corrected chi connectivity index (χ4v) is 4.33. The number of carbonyl (C=O) groups is 2. The molecule has 0 saturated carbocycles. The van der Waals surface area contributed by atoms with Crippen LogP contribution in [0.4, 0.5) is 0 Å². The zero-order valence-corrected chi connectivity index (χ0v) is 20.2. The Hall–Kier alpha value is -2.86. The monoisotopic (exact) mass is 496 g/mol. The fraction of sp³-hybridized carbons (Fsp3) is 0.259. The maximum Gasteiger partial charge on any atom is 0.258 e. The topological polar surface area (TPSA) is 58.6 Å². The van der Waals surface area contributed by atoms with Gasteiger partial charge in [0, 0.05) is 36.8 Å². The van der Waals surface area contributed by atoms with Gasteiger partial charge >= 0.3 is 0 Å². The summed E-state index contributed by atoms with van der Waals surface area (Å²) in [6, 6.07) is 21.8. The van der Waals surface area contributed by atoms with Gasteiger partial charge in [0.2, 0.25) is 0 Å². The van der Waals surface area contributed by atoms with Crippen molar-refractivity contribution in [2.45, 2.75) is 25.4 Å². The summed E-state index contributed by atoms with van der Waals surface area (Å²) in [7, 11) is 0. The third-order valence-corrected chi connectivity index (χ3v) is 6.60. The molecule has 0 aliphatic carbocycles. The minimum atomic E-state index is -0.146. The highest BCUT2D eigenvalue weighted by Crippen LogP contribution is 2.24. The van der Waals surface area contributed by atoms with Crippen LogP contribution in [0.1, 0.15) is 34.3 Å². The first-order chi connectivity index (χ1) is 16.5. The molecule has 5 nitrogen and oxygen atoms in total. The number of hydrogen-bond acceptors (Lipinski definition) is 4. The first-order valence-electron chi connectivity index (χ1n) is 11.3. The van der Waals surface area contributed by atoms with Crippen LogP contribution < -0.4 is 10.1 Å². The Balaban J connectivity index is 1.19. The van der Waals surface area contributed by atoms with Gasteiger partial charge < -0.3 is 10.1 Å². The van der Waals surface area contributed by atoms with Crippen molar-refractivity contribution in [1.82, 2.24) is 10.2 Å². The van der Waals surface area contributed by atoms with Crippen molar-refractivity contribution in [3.05, 3.63) is 99.5 Å². The molecule has 1 saturated heterocycles. The lowest BCUT2D eigenvalue weighted by atomic mass is 10.0. The van der Waals surface area contributed by atoms with Gasteiger partial charge in [-0.2, -0.15) is 0 Å². The number of benzene rings is 3. The van der Waals surface area contributed by atoms with E-state index in [1.807, 2.05) is 36.4 Å². The quantitative estimate of drug-likeness (QED) is 0.425. The minimum absolute atomic E-state index is 0.0459. The van der Waals surface area contributed by atoms with Gasteiger partial charge in [-0.25, -0.2) is 0 Å². The lowest BCUT2D eigenvalue weighted by Gasteiger charge is -2.32. The van der Waals surface area contributed by atoms with Crippen LogP contribution in [0.2, 0.25) is 10.0 Å². The molecule has 3 aromatic rings. The van der Waals surface area contributed by atoms with Crippen LogP contribution >= 0.6 is 23.2 Å². The average molecular weight is 497 g/mol. The first kappa shape index (κ1) is 24.3. The van der Waals surface area contributed by atoms with Gasteiger partial charge in [0.1, 0.15) is 5.75 Å². The predicted octanol–water partition coefficient (Wildman–Crippen LogP) is 5.38. The lowest BCUT2D eigenvalue weighted by Crippen LogP contribution is -2.45. The van der Waals surface area contributed by atoms with Gasteiger partial charge in [-0.1, -0.05) is 59.6 Å². The molecule has 3 aromatic carbocycles. The first-order valence-corrected chi connectivity index (χ1v) is 12.0. The van der Waals surface area contributed by atoms with Gasteiger partial charge in [0.15, 0.2) is 12.4 Å². The summed E-state index contributed by atoms with van der Waals surface area (Å²) >= 11 is 12.1. The molecule has 1 aliphatic rings. The fourth-order valence-electron chi connectivity index (χ4n) is 4.01. The Bertz CT molecular complexity index is 1130. The lowest BCUT2D eigenvalue weighted by molar-refractivity contribution is -0.124. The van der Waals surface area contributed by atoms with E-state index in [2.05, 4.69) is 10.2 Å². The maximum atomic E-state index is 12.5. The molecule has 1 heterocycles. The van der Waals surface area contributed by atoms with Crippen molar-refractivity contribution < 1.29 is 14.3 Å². The van der Waals surface area contributed by atoms with Gasteiger partial charge in [-0.3, -0.25) is 14.5 Å². The smallest absolute Gasteiger partial charge is 0.258 e. The molecule has 0 spiro atoms. The Kier molecular flexibility index (Phi) is 8.22. The number of likely N-dealkylation sites (tertiary alicyclic amines) is 1. The molecule has 1 fully saturated rings. The Morgan fingerprint density at radius 1 is 0.882 bits per heavy atom. The number of hydrogen-bond donors (Lipinski definition) is 1. The molecule has 7 heteroatoms. The van der Waals surface area contributed by atoms with Gasteiger partial charge in [0.05, 0.1) is 10.0 Å². The highest BCUT2D eigenvalue weighted by Gasteiger charge is 2.21. The van der Waals surface area contributed by atoms with E-state index in [9.17, 15) is 9.59 Å². The third kappa shape index (κ3) is 6.60. The number of piperidine rings is 1. The molecule has 4 rings (SSSR count). The molecule has 1 amide bonds. The van der Waals surface area contributed by atoms with E-state index in [0.29, 0.717) is 26.9 Å². The van der Waals surface area contributed by atoms with E-state index >= 15 is 0 Å². The number of carbonyl (C=O) groups excluding carboxylic acids is 2. The Morgan fingerprint density at radius 3 is 2.24 bits per heavy atom. The van der Waals surface area contributed by atoms with Crippen molar-refractivity contribution in [2.24, 2.45) is 0 Å². The molecule has 1 aliphatic heterocycles. The van der Waals surface area contributed by atoms with Gasteiger partial charge in [-0.05, 0) is 54.8 Å². The molecule has 34 heavy (non-hydrogen) atoms. The number of halogens is 2. The number of ketones is 1. The van der Waals surface area contributed by atoms with Gasteiger partial charge in [-0.15, -0.1) is 0 Å². The third-order valence-electron chi connectivity index (χ3n) is 5.87. The summed E-state index contributed by atoms with van der Waals surface area (Å²) in [4.78, 5) is 27.2. The van der Waals surface area contributed by atoms with Crippen LogP contribution in [0, 0.1) is 0 Å². The van der Waals surface area contributed by atoms with Crippen LogP contribution in [-0.2, 0) is 11.3 Å². The van der Waals surface area contributed by atoms with E-state index in [4.69, 9.17) is 27.9 Å². The number of ether oxygens (including phenoxy) is 1. The van der Waals surface area contributed by atoms with Crippen molar-refractivity contribution in [1.29, 1.82) is 0 Å². The van der Waals surface area contributed by atoms with Crippen LogP contribution in [0.15, 0.2) is 72.8 Å². The zero-order valence-electron chi connectivity index (χ0n) is 18.7. The van der Waals surface area contributed by atoms with E-state index in [0.717, 1.165) is 38.0 Å². The van der Waals surface area contributed by atoms with E-state index in [-0.39, 0.29) is 24.3 Å². The second-order valence-corrected chi connectivity index (χ2v) is 9.19. The summed E-state index contributed by atoms with van der Waals surface area (Å²) in [5.41, 5.74) is 2.34. The molecule has 0 radical (unpaired) electrons. The van der Waals surface area contributed by atoms with Crippen LogP contribution in [0.25, 0.3) is 0 Å². The second-order valence-electron chi connectivity index (χ2n) is 8.37. The Labute approximate surface area is 209 Å². The molecule has 0 bridgehead atoms. The molecular weight excluding hydrogens is 471 g/mol. The number of nitrogens with one attached hydrogen (secondary N) is 1. The second kappa shape index (κ2) is 11.5. The van der Waals surface area contributed by atoms with Crippen molar-refractivity contribution >= 4 is 34.9 Å². The van der Waals surface area contributed by atoms with Crippen LogP contribution in [0.3, 0.4) is 0 Å². The summed E-state index contributed by atoms with van der Waals surface area (Å²) < 4.78 is 5.61. The molecule has 0 aromatic heterocycles. The SMILES string of the molecule is O=C(COc1ccc(C(=O)c2ccccc2)cc1)NC1CCN(Cc2ccc(Cl)c(Cl)c2)CC1. The Morgan fingerprint density at radius 2 is 1.56 bits per heavy atom. The molecule has 176 valence electrons. The summed E-state index contributed by atoms with van der Waals surface area (Å²) in [5.74, 6) is 0.360. The predicted molar refractivity (Wildman–Crippen MR) is 135 cm³/mol. The maximum absolute atomic E-state index is 12.5. The van der Waals surface area contributed by atoms with Crippen LogP contribution in [-0.4, -0.2) is 42.3 Å².